The topological polar surface area (TPSA) is 64.0 Å². The van der Waals surface area contributed by atoms with Crippen molar-refractivity contribution >= 4 is 10.0 Å². The molecule has 2 aromatic rings. The molecule has 0 spiro atoms. The Bertz CT molecular complexity index is 734. The van der Waals surface area contributed by atoms with E-state index < -0.39 is 10.0 Å². The average Bonchev–Trinajstić information content (AvgIpc) is 2.84. The van der Waals surface area contributed by atoms with Crippen LogP contribution in [-0.4, -0.2) is 24.0 Å². The standard InChI is InChI=1S/C16H21N3O2S/c1-13-15(10-17-22(20,21)12-14-6-5-7-14)11-19(18-13)16-8-3-2-4-9-16/h2-4,8-9,11,14,17H,5-7,10,12H2,1H3. The number of aryl methyl sites for hydroxylation is 1. The molecule has 1 aliphatic carbocycles. The van der Waals surface area contributed by atoms with Gasteiger partial charge in [0.25, 0.3) is 0 Å². The third kappa shape index (κ3) is 3.56. The average molecular weight is 319 g/mol. The van der Waals surface area contributed by atoms with Gasteiger partial charge in [-0.3, -0.25) is 0 Å². The second-order valence-electron chi connectivity index (χ2n) is 5.92. The zero-order valence-corrected chi connectivity index (χ0v) is 13.5. The number of benzene rings is 1. The Morgan fingerprint density at radius 3 is 2.64 bits per heavy atom. The quantitative estimate of drug-likeness (QED) is 0.889. The predicted octanol–water partition coefficient (Wildman–Crippen LogP) is 2.40. The summed E-state index contributed by atoms with van der Waals surface area (Å²) in [5, 5.41) is 4.45. The maximum Gasteiger partial charge on any atom is 0.212 e. The van der Waals surface area contributed by atoms with Crippen molar-refractivity contribution in [1.29, 1.82) is 0 Å². The van der Waals surface area contributed by atoms with Crippen LogP contribution in [0.5, 0.6) is 0 Å². The van der Waals surface area contributed by atoms with Crippen molar-refractivity contribution in [3.8, 4) is 5.69 Å². The fourth-order valence-corrected chi connectivity index (χ4v) is 4.05. The first-order valence-corrected chi connectivity index (χ1v) is 9.27. The molecular formula is C16H21N3O2S. The highest BCUT2D eigenvalue weighted by Gasteiger charge is 2.24. The van der Waals surface area contributed by atoms with E-state index in [2.05, 4.69) is 9.82 Å². The first-order chi connectivity index (χ1) is 10.5. The smallest absolute Gasteiger partial charge is 0.212 e. The molecular weight excluding hydrogens is 298 g/mol. The fourth-order valence-electron chi connectivity index (χ4n) is 2.60. The number of para-hydroxylation sites is 1. The van der Waals surface area contributed by atoms with Crippen molar-refractivity contribution in [3.63, 3.8) is 0 Å². The molecule has 0 saturated heterocycles. The Kier molecular flexibility index (Phi) is 4.31. The third-order valence-electron chi connectivity index (χ3n) is 4.18. The molecule has 0 radical (unpaired) electrons. The van der Waals surface area contributed by atoms with Crippen LogP contribution in [0.2, 0.25) is 0 Å². The molecule has 1 aliphatic rings. The lowest BCUT2D eigenvalue weighted by Gasteiger charge is -2.24. The molecule has 1 aromatic carbocycles. The van der Waals surface area contributed by atoms with E-state index in [9.17, 15) is 8.42 Å². The number of hydrogen-bond donors (Lipinski definition) is 1. The highest BCUT2D eigenvalue weighted by atomic mass is 32.2. The highest BCUT2D eigenvalue weighted by Crippen LogP contribution is 2.27. The molecule has 0 bridgehead atoms. The number of nitrogens with one attached hydrogen (secondary N) is 1. The van der Waals surface area contributed by atoms with Crippen molar-refractivity contribution in [3.05, 3.63) is 47.8 Å². The third-order valence-corrected chi connectivity index (χ3v) is 5.68. The van der Waals surface area contributed by atoms with Crippen molar-refractivity contribution in [2.75, 3.05) is 5.75 Å². The van der Waals surface area contributed by atoms with Crippen LogP contribution in [0, 0.1) is 12.8 Å². The minimum absolute atomic E-state index is 0.249. The molecule has 0 aliphatic heterocycles. The van der Waals surface area contributed by atoms with Crippen LogP contribution >= 0.6 is 0 Å². The van der Waals surface area contributed by atoms with Gasteiger partial charge in [-0.05, 0) is 37.8 Å². The van der Waals surface area contributed by atoms with E-state index in [1.54, 1.807) is 4.68 Å². The molecule has 1 aromatic heterocycles. The molecule has 118 valence electrons. The summed E-state index contributed by atoms with van der Waals surface area (Å²) in [6.07, 6.45) is 5.11. The predicted molar refractivity (Wildman–Crippen MR) is 86.3 cm³/mol. The summed E-state index contributed by atoms with van der Waals surface area (Å²) in [6, 6.07) is 9.80. The van der Waals surface area contributed by atoms with Crippen LogP contribution in [-0.2, 0) is 16.6 Å². The van der Waals surface area contributed by atoms with E-state index >= 15 is 0 Å². The molecule has 5 nitrogen and oxygen atoms in total. The van der Waals surface area contributed by atoms with Crippen LogP contribution in [0.4, 0.5) is 0 Å². The van der Waals surface area contributed by atoms with Gasteiger partial charge in [0.1, 0.15) is 0 Å². The van der Waals surface area contributed by atoms with Crippen LogP contribution in [0.15, 0.2) is 36.5 Å². The van der Waals surface area contributed by atoms with E-state index in [-0.39, 0.29) is 5.75 Å². The lowest BCUT2D eigenvalue weighted by atomic mass is 9.87. The molecule has 22 heavy (non-hydrogen) atoms. The Labute approximate surface area is 131 Å². The Hall–Kier alpha value is -1.66. The summed E-state index contributed by atoms with van der Waals surface area (Å²) in [6.45, 7) is 2.20. The van der Waals surface area contributed by atoms with E-state index in [1.165, 1.54) is 0 Å². The van der Waals surface area contributed by atoms with Crippen molar-refractivity contribution in [1.82, 2.24) is 14.5 Å². The van der Waals surface area contributed by atoms with Gasteiger partial charge < -0.3 is 0 Å². The van der Waals surface area contributed by atoms with Gasteiger partial charge in [-0.2, -0.15) is 5.10 Å². The van der Waals surface area contributed by atoms with Crippen molar-refractivity contribution in [2.45, 2.75) is 32.7 Å². The molecule has 1 saturated carbocycles. The van der Waals surface area contributed by atoms with Crippen LogP contribution in [0.3, 0.4) is 0 Å². The lowest BCUT2D eigenvalue weighted by molar-refractivity contribution is 0.346. The Morgan fingerprint density at radius 1 is 1.27 bits per heavy atom. The van der Waals surface area contributed by atoms with Crippen LogP contribution in [0.1, 0.15) is 30.5 Å². The van der Waals surface area contributed by atoms with E-state index in [1.807, 2.05) is 43.5 Å². The molecule has 6 heteroatoms. The monoisotopic (exact) mass is 319 g/mol. The summed E-state index contributed by atoms with van der Waals surface area (Å²) >= 11 is 0. The van der Waals surface area contributed by atoms with E-state index in [0.717, 1.165) is 36.2 Å². The zero-order valence-electron chi connectivity index (χ0n) is 12.7. The lowest BCUT2D eigenvalue weighted by Crippen LogP contribution is -2.32. The first kappa shape index (κ1) is 15.2. The van der Waals surface area contributed by atoms with Crippen LogP contribution in [0.25, 0.3) is 5.69 Å². The zero-order chi connectivity index (χ0) is 15.6. The molecule has 0 unspecified atom stereocenters. The van der Waals surface area contributed by atoms with Gasteiger partial charge in [0, 0.05) is 18.3 Å². The minimum atomic E-state index is -3.20. The maximum absolute atomic E-state index is 12.1. The summed E-state index contributed by atoms with van der Waals surface area (Å²) in [5.74, 6) is 0.587. The molecule has 0 amide bonds. The van der Waals surface area contributed by atoms with Gasteiger partial charge in [0.2, 0.25) is 10.0 Å². The van der Waals surface area contributed by atoms with E-state index in [0.29, 0.717) is 12.5 Å². The highest BCUT2D eigenvalue weighted by molar-refractivity contribution is 7.89. The van der Waals surface area contributed by atoms with E-state index in [4.69, 9.17) is 0 Å². The summed E-state index contributed by atoms with van der Waals surface area (Å²) < 4.78 is 28.6. The second kappa shape index (κ2) is 6.22. The number of sulfonamides is 1. The summed E-state index contributed by atoms with van der Waals surface area (Å²) in [5.41, 5.74) is 2.71. The van der Waals surface area contributed by atoms with Crippen molar-refractivity contribution in [2.24, 2.45) is 5.92 Å². The largest absolute Gasteiger partial charge is 0.240 e. The number of hydrogen-bond acceptors (Lipinski definition) is 3. The Morgan fingerprint density at radius 2 is 2.00 bits per heavy atom. The molecule has 1 heterocycles. The van der Waals surface area contributed by atoms with Gasteiger partial charge in [-0.25, -0.2) is 17.8 Å². The molecule has 3 rings (SSSR count). The maximum atomic E-state index is 12.1. The minimum Gasteiger partial charge on any atom is -0.240 e. The molecule has 1 fully saturated rings. The molecule has 1 N–H and O–H groups in total. The first-order valence-electron chi connectivity index (χ1n) is 7.61. The van der Waals surface area contributed by atoms with Gasteiger partial charge in [0.05, 0.1) is 17.1 Å². The number of rotatable bonds is 6. The van der Waals surface area contributed by atoms with Crippen LogP contribution < -0.4 is 4.72 Å². The normalized spacial score (nSPS) is 15.7. The van der Waals surface area contributed by atoms with Gasteiger partial charge in [-0.15, -0.1) is 0 Å². The second-order valence-corrected chi connectivity index (χ2v) is 7.77. The summed E-state index contributed by atoms with van der Waals surface area (Å²) in [7, 11) is -3.20. The number of nitrogens with zero attached hydrogens (tertiary/aromatic N) is 2. The summed E-state index contributed by atoms with van der Waals surface area (Å²) in [4.78, 5) is 0. The Balaban J connectivity index is 1.67. The molecule has 0 atom stereocenters. The van der Waals surface area contributed by atoms with Gasteiger partial charge in [-0.1, -0.05) is 24.6 Å². The van der Waals surface area contributed by atoms with Gasteiger partial charge in [0.15, 0.2) is 0 Å². The van der Waals surface area contributed by atoms with Gasteiger partial charge >= 0.3 is 0 Å². The number of aromatic nitrogens is 2. The fraction of sp³-hybridized carbons (Fsp3) is 0.438. The van der Waals surface area contributed by atoms with Crippen molar-refractivity contribution < 1.29 is 8.42 Å². The SMILES string of the molecule is Cc1nn(-c2ccccc2)cc1CNS(=O)(=O)CC1CCC1.